The Balaban J connectivity index is 2.82. The molecule has 1 aliphatic rings. The number of hydrogen-bond donors (Lipinski definition) is 1. The molecular formula is C16H34N2. The van der Waals surface area contributed by atoms with Crippen LogP contribution in [0, 0.1) is 11.8 Å². The average molecular weight is 254 g/mol. The molecule has 1 fully saturated rings. The molecule has 0 amide bonds. The Morgan fingerprint density at radius 2 is 2.00 bits per heavy atom. The molecule has 4 unspecified atom stereocenters. The molecule has 0 spiro atoms. The third kappa shape index (κ3) is 3.48. The Kier molecular flexibility index (Phi) is 6.13. The Morgan fingerprint density at radius 1 is 1.33 bits per heavy atom. The number of likely N-dealkylation sites (tertiary alicyclic amines) is 1. The highest BCUT2D eigenvalue weighted by Crippen LogP contribution is 2.35. The van der Waals surface area contributed by atoms with E-state index in [1.807, 2.05) is 0 Å². The minimum Gasteiger partial charge on any atom is -0.329 e. The predicted octanol–water partition coefficient (Wildman–Crippen LogP) is 3.65. The second-order valence-corrected chi connectivity index (χ2v) is 6.67. The highest BCUT2D eigenvalue weighted by molar-refractivity contribution is 4.96. The van der Waals surface area contributed by atoms with Crippen LogP contribution in [0.2, 0.25) is 0 Å². The van der Waals surface area contributed by atoms with Crippen molar-refractivity contribution in [3.8, 4) is 0 Å². The minimum absolute atomic E-state index is 0.245. The Hall–Kier alpha value is -0.0800. The first-order chi connectivity index (χ1) is 8.49. The number of nitrogens with two attached hydrogens (primary N) is 1. The van der Waals surface area contributed by atoms with Crippen LogP contribution in [0.3, 0.4) is 0 Å². The number of rotatable bonds is 6. The lowest BCUT2D eigenvalue weighted by atomic mass is 9.79. The Labute approximate surface area is 114 Å². The van der Waals surface area contributed by atoms with Gasteiger partial charge in [0.2, 0.25) is 0 Å². The van der Waals surface area contributed by atoms with Gasteiger partial charge in [-0.1, -0.05) is 34.1 Å². The molecule has 108 valence electrons. The largest absolute Gasteiger partial charge is 0.329 e. The maximum atomic E-state index is 6.21. The smallest absolute Gasteiger partial charge is 0.0334 e. The second kappa shape index (κ2) is 6.91. The van der Waals surface area contributed by atoms with E-state index >= 15 is 0 Å². The molecule has 0 bridgehead atoms. The van der Waals surface area contributed by atoms with Crippen LogP contribution >= 0.6 is 0 Å². The van der Waals surface area contributed by atoms with Crippen molar-refractivity contribution in [3.63, 3.8) is 0 Å². The molecule has 0 aromatic carbocycles. The molecule has 2 N–H and O–H groups in total. The third-order valence-corrected chi connectivity index (χ3v) is 5.21. The lowest BCUT2D eigenvalue weighted by molar-refractivity contribution is -0.00231. The molecule has 18 heavy (non-hydrogen) atoms. The van der Waals surface area contributed by atoms with Crippen LogP contribution < -0.4 is 5.73 Å². The molecular weight excluding hydrogens is 220 g/mol. The van der Waals surface area contributed by atoms with Gasteiger partial charge in [0.25, 0.3) is 0 Å². The maximum Gasteiger partial charge on any atom is 0.0334 e. The molecule has 1 heterocycles. The zero-order chi connectivity index (χ0) is 13.8. The van der Waals surface area contributed by atoms with Crippen LogP contribution in [0.25, 0.3) is 0 Å². The van der Waals surface area contributed by atoms with Crippen molar-refractivity contribution in [1.29, 1.82) is 0 Å². The van der Waals surface area contributed by atoms with Crippen LogP contribution in [0.15, 0.2) is 0 Å². The van der Waals surface area contributed by atoms with E-state index in [0.29, 0.717) is 6.04 Å². The van der Waals surface area contributed by atoms with Gasteiger partial charge in [0.1, 0.15) is 0 Å². The molecule has 1 rings (SSSR count). The maximum absolute atomic E-state index is 6.21. The fourth-order valence-electron chi connectivity index (χ4n) is 3.71. The van der Waals surface area contributed by atoms with Crippen molar-refractivity contribution in [3.05, 3.63) is 0 Å². The monoisotopic (exact) mass is 254 g/mol. The highest BCUT2D eigenvalue weighted by atomic mass is 15.2. The van der Waals surface area contributed by atoms with Gasteiger partial charge >= 0.3 is 0 Å². The summed E-state index contributed by atoms with van der Waals surface area (Å²) in [5, 5.41) is 0. The van der Waals surface area contributed by atoms with Crippen molar-refractivity contribution >= 4 is 0 Å². The summed E-state index contributed by atoms with van der Waals surface area (Å²) in [5.41, 5.74) is 6.45. The quantitative estimate of drug-likeness (QED) is 0.784. The molecule has 0 aromatic rings. The van der Waals surface area contributed by atoms with E-state index in [9.17, 15) is 0 Å². The van der Waals surface area contributed by atoms with Crippen molar-refractivity contribution < 1.29 is 0 Å². The normalized spacial score (nSPS) is 31.0. The van der Waals surface area contributed by atoms with Gasteiger partial charge in [0, 0.05) is 18.1 Å². The lowest BCUT2D eigenvalue weighted by Gasteiger charge is -2.50. The van der Waals surface area contributed by atoms with Crippen LogP contribution in [0.5, 0.6) is 0 Å². The predicted molar refractivity (Wildman–Crippen MR) is 80.7 cm³/mol. The van der Waals surface area contributed by atoms with Gasteiger partial charge in [-0.25, -0.2) is 0 Å². The molecule has 0 saturated carbocycles. The summed E-state index contributed by atoms with van der Waals surface area (Å²) in [6.07, 6.45) is 6.39. The average Bonchev–Trinajstić information content (AvgIpc) is 2.36. The first-order valence-electron chi connectivity index (χ1n) is 7.95. The summed E-state index contributed by atoms with van der Waals surface area (Å²) in [4.78, 5) is 2.74. The molecule has 0 aromatic heterocycles. The fraction of sp³-hybridized carbons (Fsp3) is 1.00. The summed E-state index contributed by atoms with van der Waals surface area (Å²) in [6.45, 7) is 13.8. The molecule has 2 nitrogen and oxygen atoms in total. The summed E-state index contributed by atoms with van der Waals surface area (Å²) in [6, 6.07) is 0.696. The van der Waals surface area contributed by atoms with Gasteiger partial charge in [-0.05, 0) is 51.0 Å². The summed E-state index contributed by atoms with van der Waals surface area (Å²) >= 11 is 0. The first-order valence-corrected chi connectivity index (χ1v) is 7.95. The summed E-state index contributed by atoms with van der Waals surface area (Å²) in [7, 11) is 0. The zero-order valence-corrected chi connectivity index (χ0v) is 13.2. The molecule has 4 atom stereocenters. The van der Waals surface area contributed by atoms with Crippen molar-refractivity contribution in [2.24, 2.45) is 17.6 Å². The van der Waals surface area contributed by atoms with Gasteiger partial charge in [-0.15, -0.1) is 0 Å². The second-order valence-electron chi connectivity index (χ2n) is 6.67. The van der Waals surface area contributed by atoms with E-state index in [4.69, 9.17) is 5.73 Å². The van der Waals surface area contributed by atoms with Gasteiger partial charge in [0.05, 0.1) is 0 Å². The van der Waals surface area contributed by atoms with Crippen molar-refractivity contribution in [2.45, 2.75) is 78.3 Å². The van der Waals surface area contributed by atoms with Gasteiger partial charge in [-0.2, -0.15) is 0 Å². The molecule has 2 heteroatoms. The SMILES string of the molecule is CCC(C)CC(CC)(CN)N1CCC(C)CC1C. The van der Waals surface area contributed by atoms with E-state index in [-0.39, 0.29) is 5.54 Å². The van der Waals surface area contributed by atoms with E-state index in [1.165, 1.54) is 38.6 Å². The van der Waals surface area contributed by atoms with Gasteiger partial charge in [0.15, 0.2) is 0 Å². The fourth-order valence-corrected chi connectivity index (χ4v) is 3.71. The zero-order valence-electron chi connectivity index (χ0n) is 13.2. The topological polar surface area (TPSA) is 29.3 Å². The third-order valence-electron chi connectivity index (χ3n) is 5.21. The van der Waals surface area contributed by atoms with Crippen LogP contribution in [-0.2, 0) is 0 Å². The highest BCUT2D eigenvalue weighted by Gasteiger charge is 2.39. The lowest BCUT2D eigenvalue weighted by Crippen LogP contribution is -2.59. The minimum atomic E-state index is 0.245. The number of piperidine rings is 1. The van der Waals surface area contributed by atoms with E-state index in [2.05, 4.69) is 39.5 Å². The number of nitrogens with zero attached hydrogens (tertiary/aromatic N) is 1. The molecule has 0 radical (unpaired) electrons. The number of hydrogen-bond acceptors (Lipinski definition) is 2. The molecule has 1 aliphatic heterocycles. The van der Waals surface area contributed by atoms with Gasteiger partial charge in [-0.3, -0.25) is 4.90 Å². The van der Waals surface area contributed by atoms with Crippen molar-refractivity contribution in [1.82, 2.24) is 4.90 Å². The Morgan fingerprint density at radius 3 is 2.44 bits per heavy atom. The van der Waals surface area contributed by atoms with E-state index < -0.39 is 0 Å². The van der Waals surface area contributed by atoms with Gasteiger partial charge < -0.3 is 5.73 Å². The summed E-state index contributed by atoms with van der Waals surface area (Å²) in [5.74, 6) is 1.66. The molecule has 1 saturated heterocycles. The van der Waals surface area contributed by atoms with E-state index in [0.717, 1.165) is 18.4 Å². The summed E-state index contributed by atoms with van der Waals surface area (Å²) < 4.78 is 0. The van der Waals surface area contributed by atoms with Crippen LogP contribution in [-0.4, -0.2) is 29.6 Å². The van der Waals surface area contributed by atoms with E-state index in [1.54, 1.807) is 0 Å². The van der Waals surface area contributed by atoms with Crippen molar-refractivity contribution in [2.75, 3.05) is 13.1 Å². The first kappa shape index (κ1) is 16.0. The van der Waals surface area contributed by atoms with Crippen LogP contribution in [0.4, 0.5) is 0 Å². The standard InChI is InChI=1S/C16H34N2/c1-6-13(3)11-16(7-2,12-17)18-9-8-14(4)10-15(18)5/h13-15H,6-12,17H2,1-5H3. The van der Waals surface area contributed by atoms with Crippen LogP contribution in [0.1, 0.15) is 66.7 Å². The molecule has 0 aliphatic carbocycles. The Bertz CT molecular complexity index is 235.